The SMILES string of the molecule is COC(=O)c1ccc(Oc2ncnc(NNS(=O)(=O)c3ccc(C)cc3)c2N)cc1. The monoisotopic (exact) mass is 429 g/mol. The lowest BCUT2D eigenvalue weighted by Crippen LogP contribution is -2.30. The van der Waals surface area contributed by atoms with E-state index in [0.29, 0.717) is 11.3 Å². The second-order valence-electron chi connectivity index (χ2n) is 6.10. The molecular weight excluding hydrogens is 410 g/mol. The molecule has 1 heterocycles. The van der Waals surface area contributed by atoms with Crippen LogP contribution < -0.4 is 20.7 Å². The van der Waals surface area contributed by atoms with Gasteiger partial charge < -0.3 is 15.2 Å². The number of rotatable bonds is 7. The Morgan fingerprint density at radius 3 is 2.33 bits per heavy atom. The van der Waals surface area contributed by atoms with E-state index >= 15 is 0 Å². The summed E-state index contributed by atoms with van der Waals surface area (Å²) in [4.78, 5) is 21.7. The van der Waals surface area contributed by atoms with E-state index in [1.807, 2.05) is 6.92 Å². The van der Waals surface area contributed by atoms with E-state index in [4.69, 9.17) is 10.5 Å². The summed E-state index contributed by atoms with van der Waals surface area (Å²) in [6.45, 7) is 1.86. The van der Waals surface area contributed by atoms with Crippen molar-refractivity contribution >= 4 is 27.5 Å². The first kappa shape index (κ1) is 21.0. The summed E-state index contributed by atoms with van der Waals surface area (Å²) >= 11 is 0. The number of aromatic nitrogens is 2. The summed E-state index contributed by atoms with van der Waals surface area (Å²) < 4.78 is 35.0. The highest BCUT2D eigenvalue weighted by molar-refractivity contribution is 7.89. The van der Waals surface area contributed by atoms with Crippen molar-refractivity contribution < 1.29 is 22.7 Å². The number of hydrogen-bond donors (Lipinski definition) is 3. The molecule has 0 saturated carbocycles. The van der Waals surface area contributed by atoms with E-state index in [1.165, 1.54) is 31.4 Å². The first-order valence-electron chi connectivity index (χ1n) is 8.61. The molecule has 2 aromatic carbocycles. The fraction of sp³-hybridized carbons (Fsp3) is 0.105. The number of nitrogens with zero attached hydrogens (tertiary/aromatic N) is 2. The van der Waals surface area contributed by atoms with Crippen LogP contribution in [0.4, 0.5) is 11.5 Å². The van der Waals surface area contributed by atoms with Gasteiger partial charge in [-0.25, -0.2) is 18.2 Å². The van der Waals surface area contributed by atoms with Gasteiger partial charge in [0.2, 0.25) is 5.88 Å². The van der Waals surface area contributed by atoms with Crippen molar-refractivity contribution in [3.8, 4) is 11.6 Å². The molecule has 4 N–H and O–H groups in total. The summed E-state index contributed by atoms with van der Waals surface area (Å²) in [7, 11) is -2.55. The van der Waals surface area contributed by atoms with Crippen molar-refractivity contribution in [2.75, 3.05) is 18.3 Å². The average molecular weight is 429 g/mol. The molecule has 0 spiro atoms. The van der Waals surface area contributed by atoms with Gasteiger partial charge in [-0.1, -0.05) is 17.7 Å². The Morgan fingerprint density at radius 2 is 1.70 bits per heavy atom. The van der Waals surface area contributed by atoms with Gasteiger partial charge in [-0.15, -0.1) is 4.83 Å². The van der Waals surface area contributed by atoms with Crippen LogP contribution in [0.15, 0.2) is 59.8 Å². The van der Waals surface area contributed by atoms with E-state index in [9.17, 15) is 13.2 Å². The number of hydrazine groups is 1. The number of carbonyl (C=O) groups excluding carboxylic acids is 1. The quantitative estimate of drug-likeness (QED) is 0.380. The minimum Gasteiger partial charge on any atom is -0.465 e. The van der Waals surface area contributed by atoms with E-state index < -0.39 is 16.0 Å². The predicted octanol–water partition coefficient (Wildman–Crippen LogP) is 2.25. The van der Waals surface area contributed by atoms with Crippen LogP contribution >= 0.6 is 0 Å². The molecule has 3 rings (SSSR count). The lowest BCUT2D eigenvalue weighted by Gasteiger charge is -2.13. The standard InChI is InChI=1S/C19H19N5O5S/c1-12-3-9-15(10-4-12)30(26,27)24-23-17-16(20)18(22-11-21-17)29-14-7-5-13(6-8-14)19(25)28-2/h3-11,24H,20H2,1-2H3,(H,21,22,23). The zero-order valence-corrected chi connectivity index (χ0v) is 16.9. The Morgan fingerprint density at radius 1 is 1.03 bits per heavy atom. The maximum atomic E-state index is 12.4. The fourth-order valence-corrected chi connectivity index (χ4v) is 3.18. The van der Waals surface area contributed by atoms with E-state index in [1.54, 1.807) is 24.3 Å². The van der Waals surface area contributed by atoms with Gasteiger partial charge >= 0.3 is 5.97 Å². The highest BCUT2D eigenvalue weighted by Crippen LogP contribution is 2.29. The van der Waals surface area contributed by atoms with Crippen molar-refractivity contribution in [1.29, 1.82) is 0 Å². The molecule has 0 saturated heterocycles. The number of benzene rings is 2. The van der Waals surface area contributed by atoms with Crippen LogP contribution in [0.5, 0.6) is 11.6 Å². The molecule has 11 heteroatoms. The van der Waals surface area contributed by atoms with Gasteiger partial charge in [0.05, 0.1) is 17.6 Å². The van der Waals surface area contributed by atoms with Crippen LogP contribution in [0, 0.1) is 6.92 Å². The number of nitrogen functional groups attached to an aromatic ring is 1. The number of sulfonamides is 1. The number of esters is 1. The molecule has 10 nitrogen and oxygen atoms in total. The molecule has 0 unspecified atom stereocenters. The molecule has 1 aromatic heterocycles. The first-order chi connectivity index (χ1) is 14.3. The van der Waals surface area contributed by atoms with E-state index in [-0.39, 0.29) is 22.3 Å². The summed E-state index contributed by atoms with van der Waals surface area (Å²) in [6, 6.07) is 12.5. The van der Waals surface area contributed by atoms with Crippen LogP contribution in [0.3, 0.4) is 0 Å². The third kappa shape index (κ3) is 4.82. The zero-order chi connectivity index (χ0) is 21.7. The van der Waals surface area contributed by atoms with Crippen LogP contribution in [-0.2, 0) is 14.8 Å². The van der Waals surface area contributed by atoms with Crippen molar-refractivity contribution in [2.45, 2.75) is 11.8 Å². The Labute approximate surface area is 173 Å². The second kappa shape index (κ2) is 8.76. The maximum absolute atomic E-state index is 12.4. The number of nitrogens with one attached hydrogen (secondary N) is 2. The van der Waals surface area contributed by atoms with Gasteiger partial charge in [0.1, 0.15) is 17.8 Å². The van der Waals surface area contributed by atoms with Gasteiger partial charge in [-0.05, 0) is 43.3 Å². The van der Waals surface area contributed by atoms with Gasteiger partial charge in [-0.3, -0.25) is 5.43 Å². The van der Waals surface area contributed by atoms with Crippen molar-refractivity contribution in [1.82, 2.24) is 14.8 Å². The summed E-state index contributed by atoms with van der Waals surface area (Å²) in [5.41, 5.74) is 9.74. The predicted molar refractivity (Wildman–Crippen MR) is 109 cm³/mol. The van der Waals surface area contributed by atoms with Gasteiger partial charge in [0, 0.05) is 0 Å². The van der Waals surface area contributed by atoms with Crippen LogP contribution in [0.25, 0.3) is 0 Å². The average Bonchev–Trinajstić information content (AvgIpc) is 2.74. The van der Waals surface area contributed by atoms with E-state index in [2.05, 4.69) is 25.0 Å². The summed E-state index contributed by atoms with van der Waals surface area (Å²) in [5, 5.41) is 0. The molecule has 0 fully saturated rings. The number of aryl methyl sites for hydroxylation is 1. The third-order valence-corrected chi connectivity index (χ3v) is 5.24. The molecular formula is C19H19N5O5S. The lowest BCUT2D eigenvalue weighted by molar-refractivity contribution is 0.0600. The number of nitrogens with two attached hydrogens (primary N) is 1. The first-order valence-corrected chi connectivity index (χ1v) is 10.1. The van der Waals surface area contributed by atoms with Crippen LogP contribution in [0.1, 0.15) is 15.9 Å². The molecule has 0 amide bonds. The van der Waals surface area contributed by atoms with Crippen LogP contribution in [-0.4, -0.2) is 31.5 Å². The fourth-order valence-electron chi connectivity index (χ4n) is 2.34. The Bertz CT molecular complexity index is 1150. The van der Waals surface area contributed by atoms with Crippen molar-refractivity contribution in [3.63, 3.8) is 0 Å². The van der Waals surface area contributed by atoms with Crippen LogP contribution in [0.2, 0.25) is 0 Å². The second-order valence-corrected chi connectivity index (χ2v) is 7.79. The maximum Gasteiger partial charge on any atom is 0.337 e. The smallest absolute Gasteiger partial charge is 0.337 e. The molecule has 0 aliphatic heterocycles. The normalized spacial score (nSPS) is 11.0. The highest BCUT2D eigenvalue weighted by Gasteiger charge is 2.16. The van der Waals surface area contributed by atoms with Gasteiger partial charge in [0.15, 0.2) is 5.82 Å². The molecule has 3 aromatic rings. The minimum atomic E-state index is -3.84. The minimum absolute atomic E-state index is 0.00727. The Hall–Kier alpha value is -3.70. The molecule has 0 atom stereocenters. The molecule has 30 heavy (non-hydrogen) atoms. The molecule has 0 radical (unpaired) electrons. The molecule has 156 valence electrons. The largest absolute Gasteiger partial charge is 0.465 e. The lowest BCUT2D eigenvalue weighted by atomic mass is 10.2. The number of hydrogen-bond acceptors (Lipinski definition) is 9. The number of methoxy groups -OCH3 is 1. The van der Waals surface area contributed by atoms with Crippen molar-refractivity contribution in [2.24, 2.45) is 0 Å². The zero-order valence-electron chi connectivity index (χ0n) is 16.1. The highest BCUT2D eigenvalue weighted by atomic mass is 32.2. The summed E-state index contributed by atoms with van der Waals surface area (Å²) in [6.07, 6.45) is 1.16. The van der Waals surface area contributed by atoms with Crippen molar-refractivity contribution in [3.05, 3.63) is 66.0 Å². The van der Waals surface area contributed by atoms with E-state index in [0.717, 1.165) is 11.9 Å². The van der Waals surface area contributed by atoms with Gasteiger partial charge in [0.25, 0.3) is 10.0 Å². The number of anilines is 2. The third-order valence-electron chi connectivity index (χ3n) is 3.97. The number of ether oxygens (including phenoxy) is 2. The molecule has 0 aliphatic rings. The summed E-state index contributed by atoms with van der Waals surface area (Å²) in [5.74, 6) is -0.0931. The Kier molecular flexibility index (Phi) is 6.14. The Balaban J connectivity index is 1.73. The topological polar surface area (TPSA) is 146 Å². The van der Waals surface area contributed by atoms with Gasteiger partial charge in [-0.2, -0.15) is 4.98 Å². The molecule has 0 bridgehead atoms. The number of carbonyl (C=O) groups is 1. The molecule has 0 aliphatic carbocycles.